The van der Waals surface area contributed by atoms with Gasteiger partial charge in [-0.2, -0.15) is 0 Å². The number of hydrogen-bond acceptors (Lipinski definition) is 0. The smallest absolute Gasteiger partial charge is 0.0445 e. The first-order valence-corrected chi connectivity index (χ1v) is 3.92. The summed E-state index contributed by atoms with van der Waals surface area (Å²) < 4.78 is 0. The molecule has 0 heterocycles. The third kappa shape index (κ3) is 3.30. The van der Waals surface area contributed by atoms with Crippen LogP contribution in [-0.2, 0) is 0 Å². The largest absolute Gasteiger partial charge is 0.102 e. The van der Waals surface area contributed by atoms with E-state index in [1.807, 2.05) is 6.08 Å². The predicted molar refractivity (Wildman–Crippen MR) is 41.3 cm³/mol. The van der Waals surface area contributed by atoms with Crippen LogP contribution >= 0.6 is 31.9 Å². The molecule has 0 amide bonds. The van der Waals surface area contributed by atoms with Crippen LogP contribution in [0, 0.1) is 0 Å². The molecule has 0 spiro atoms. The zero-order valence-electron chi connectivity index (χ0n) is 4.20. The summed E-state index contributed by atoms with van der Waals surface area (Å²) in [4.78, 5) is 0.873. The lowest BCUT2D eigenvalue weighted by Gasteiger charge is -2.03. The fraction of sp³-hybridized carbons (Fsp3) is 0.600. The van der Waals surface area contributed by atoms with E-state index >= 15 is 0 Å². The quantitative estimate of drug-likeness (QED) is 0.503. The highest BCUT2D eigenvalue weighted by atomic mass is 79.9. The Kier molecular flexibility index (Phi) is 4.04. The molecular weight excluding hydrogens is 220 g/mol. The molecule has 0 fully saturated rings. The molecule has 0 radical (unpaired) electrons. The summed E-state index contributed by atoms with van der Waals surface area (Å²) in [6.07, 6.45) is 1.86. The molecular formula is C5H8Br2. The SMILES string of the molecule is C=CC(Br)C(C)Br. The number of hydrogen-bond donors (Lipinski definition) is 0. The number of alkyl halides is 2. The van der Waals surface area contributed by atoms with E-state index in [0.717, 1.165) is 0 Å². The van der Waals surface area contributed by atoms with Gasteiger partial charge in [0.05, 0.1) is 0 Å². The van der Waals surface area contributed by atoms with Crippen LogP contribution in [0.4, 0.5) is 0 Å². The molecule has 0 N–H and O–H groups in total. The van der Waals surface area contributed by atoms with E-state index in [4.69, 9.17) is 0 Å². The maximum Gasteiger partial charge on any atom is 0.0445 e. The van der Waals surface area contributed by atoms with Crippen LogP contribution in [0.3, 0.4) is 0 Å². The molecule has 2 unspecified atom stereocenters. The Balaban J connectivity index is 3.33. The van der Waals surface area contributed by atoms with E-state index < -0.39 is 0 Å². The van der Waals surface area contributed by atoms with Gasteiger partial charge in [0.2, 0.25) is 0 Å². The Morgan fingerprint density at radius 1 is 1.57 bits per heavy atom. The Hall–Kier alpha value is 0.700. The number of allylic oxidation sites excluding steroid dienone is 1. The second-order valence-electron chi connectivity index (χ2n) is 1.36. The first-order chi connectivity index (χ1) is 3.18. The van der Waals surface area contributed by atoms with Crippen molar-refractivity contribution < 1.29 is 0 Å². The van der Waals surface area contributed by atoms with Crippen LogP contribution in [0.1, 0.15) is 6.92 Å². The zero-order chi connectivity index (χ0) is 5.86. The Labute approximate surface area is 61.2 Å². The van der Waals surface area contributed by atoms with E-state index in [1.165, 1.54) is 0 Å². The summed E-state index contributed by atoms with van der Waals surface area (Å²) in [5, 5.41) is 0. The minimum atomic E-state index is 0.396. The van der Waals surface area contributed by atoms with Gasteiger partial charge < -0.3 is 0 Å². The first-order valence-electron chi connectivity index (χ1n) is 2.09. The summed E-state index contributed by atoms with van der Waals surface area (Å²) in [6.45, 7) is 5.68. The van der Waals surface area contributed by atoms with Gasteiger partial charge in [-0.25, -0.2) is 0 Å². The third-order valence-corrected chi connectivity index (χ3v) is 3.11. The van der Waals surface area contributed by atoms with E-state index in [1.54, 1.807) is 0 Å². The van der Waals surface area contributed by atoms with E-state index in [0.29, 0.717) is 9.65 Å². The van der Waals surface area contributed by atoms with Crippen molar-refractivity contribution in [1.29, 1.82) is 0 Å². The van der Waals surface area contributed by atoms with Crippen molar-refractivity contribution >= 4 is 31.9 Å². The van der Waals surface area contributed by atoms with Crippen molar-refractivity contribution in [3.8, 4) is 0 Å². The molecule has 0 aliphatic rings. The van der Waals surface area contributed by atoms with Crippen LogP contribution in [0.25, 0.3) is 0 Å². The highest BCUT2D eigenvalue weighted by Crippen LogP contribution is 2.13. The summed E-state index contributed by atoms with van der Waals surface area (Å²) in [5.41, 5.74) is 0. The molecule has 0 aromatic rings. The molecule has 0 aliphatic heterocycles. The van der Waals surface area contributed by atoms with Gasteiger partial charge in [0.1, 0.15) is 0 Å². The van der Waals surface area contributed by atoms with Gasteiger partial charge in [-0.15, -0.1) is 6.58 Å². The van der Waals surface area contributed by atoms with Crippen LogP contribution in [0.15, 0.2) is 12.7 Å². The third-order valence-electron chi connectivity index (χ3n) is 0.664. The molecule has 0 bridgehead atoms. The predicted octanol–water partition coefficient (Wildman–Crippen LogP) is 2.72. The van der Waals surface area contributed by atoms with Gasteiger partial charge in [0, 0.05) is 9.65 Å². The minimum absolute atomic E-state index is 0.396. The summed E-state index contributed by atoms with van der Waals surface area (Å²) in [7, 11) is 0. The number of rotatable bonds is 2. The molecule has 0 rings (SSSR count). The minimum Gasteiger partial charge on any atom is -0.102 e. The van der Waals surface area contributed by atoms with Gasteiger partial charge in [0.15, 0.2) is 0 Å². The molecule has 2 atom stereocenters. The van der Waals surface area contributed by atoms with Crippen molar-refractivity contribution in [2.24, 2.45) is 0 Å². The van der Waals surface area contributed by atoms with Gasteiger partial charge in [-0.05, 0) is 0 Å². The van der Waals surface area contributed by atoms with Crippen LogP contribution in [0.2, 0.25) is 0 Å². The van der Waals surface area contributed by atoms with Crippen molar-refractivity contribution in [2.75, 3.05) is 0 Å². The Morgan fingerprint density at radius 3 is 2.00 bits per heavy atom. The van der Waals surface area contributed by atoms with E-state index in [2.05, 4.69) is 45.4 Å². The fourth-order valence-electron chi connectivity index (χ4n) is 0.188. The first kappa shape index (κ1) is 7.70. The standard InChI is InChI=1S/C5H8Br2/c1-3-5(7)4(2)6/h3-5H,1H2,2H3. The topological polar surface area (TPSA) is 0 Å². The lowest BCUT2D eigenvalue weighted by atomic mass is 10.3. The van der Waals surface area contributed by atoms with E-state index in [-0.39, 0.29) is 0 Å². The van der Waals surface area contributed by atoms with Gasteiger partial charge in [-0.1, -0.05) is 44.9 Å². The van der Waals surface area contributed by atoms with E-state index in [9.17, 15) is 0 Å². The summed E-state index contributed by atoms with van der Waals surface area (Å²) in [5.74, 6) is 0. The lowest BCUT2D eigenvalue weighted by molar-refractivity contribution is 1.04. The molecule has 0 nitrogen and oxygen atoms in total. The lowest BCUT2D eigenvalue weighted by Crippen LogP contribution is -2.04. The van der Waals surface area contributed by atoms with Gasteiger partial charge >= 0.3 is 0 Å². The molecule has 42 valence electrons. The maximum absolute atomic E-state index is 3.60. The van der Waals surface area contributed by atoms with Crippen molar-refractivity contribution in [3.63, 3.8) is 0 Å². The highest BCUT2D eigenvalue weighted by molar-refractivity contribution is 9.12. The van der Waals surface area contributed by atoms with Crippen molar-refractivity contribution in [1.82, 2.24) is 0 Å². The monoisotopic (exact) mass is 226 g/mol. The van der Waals surface area contributed by atoms with Crippen LogP contribution in [-0.4, -0.2) is 9.65 Å². The molecule has 0 aromatic carbocycles. The summed E-state index contributed by atoms with van der Waals surface area (Å²) >= 11 is 6.76. The van der Waals surface area contributed by atoms with Crippen molar-refractivity contribution in [3.05, 3.63) is 12.7 Å². The normalized spacial score (nSPS) is 18.1. The molecule has 0 saturated heterocycles. The second-order valence-corrected chi connectivity index (χ2v) is 3.86. The average molecular weight is 228 g/mol. The Bertz CT molecular complexity index is 59.1. The van der Waals surface area contributed by atoms with Crippen LogP contribution in [0.5, 0.6) is 0 Å². The molecule has 0 aromatic heterocycles. The average Bonchev–Trinajstić information content (AvgIpc) is 1.65. The number of halogens is 2. The van der Waals surface area contributed by atoms with Gasteiger partial charge in [0.25, 0.3) is 0 Å². The molecule has 0 aliphatic carbocycles. The van der Waals surface area contributed by atoms with Gasteiger partial charge in [-0.3, -0.25) is 0 Å². The zero-order valence-corrected chi connectivity index (χ0v) is 7.37. The highest BCUT2D eigenvalue weighted by Gasteiger charge is 2.02. The molecule has 7 heavy (non-hydrogen) atoms. The second kappa shape index (κ2) is 3.67. The van der Waals surface area contributed by atoms with Crippen LogP contribution < -0.4 is 0 Å². The Morgan fingerprint density at radius 2 is 2.00 bits per heavy atom. The molecule has 2 heteroatoms. The summed E-state index contributed by atoms with van der Waals surface area (Å²) in [6, 6.07) is 0. The molecule has 0 saturated carbocycles. The maximum atomic E-state index is 3.60. The fourth-order valence-corrected chi connectivity index (χ4v) is 0.403. The van der Waals surface area contributed by atoms with Crippen molar-refractivity contribution in [2.45, 2.75) is 16.6 Å².